The molecule has 0 unspecified atom stereocenters. The number of fused-ring (bicyclic) bond motifs is 1. The van der Waals surface area contributed by atoms with Gasteiger partial charge in [-0.25, -0.2) is 0 Å². The molecule has 0 aliphatic carbocycles. The normalized spacial score (nSPS) is 21.6. The summed E-state index contributed by atoms with van der Waals surface area (Å²) >= 11 is 1.81. The minimum atomic E-state index is -0.0706. The third-order valence-electron chi connectivity index (χ3n) is 5.24. The van der Waals surface area contributed by atoms with Gasteiger partial charge in [0.05, 0.1) is 6.04 Å². The van der Waals surface area contributed by atoms with Crippen molar-refractivity contribution < 1.29 is 4.79 Å². The summed E-state index contributed by atoms with van der Waals surface area (Å²) in [6.45, 7) is 5.55. The molecule has 0 bridgehead atoms. The number of amides is 1. The fraction of sp³-hybridized carbons (Fsp3) is 0.450. The summed E-state index contributed by atoms with van der Waals surface area (Å²) in [5, 5.41) is 5.57. The van der Waals surface area contributed by atoms with E-state index in [1.54, 1.807) is 0 Å². The number of benzene rings is 1. The first-order valence-electron chi connectivity index (χ1n) is 9.13. The van der Waals surface area contributed by atoms with E-state index in [9.17, 15) is 4.79 Å². The van der Waals surface area contributed by atoms with Crippen LogP contribution in [0.1, 0.15) is 22.4 Å². The predicted molar refractivity (Wildman–Crippen MR) is 102 cm³/mol. The van der Waals surface area contributed by atoms with Gasteiger partial charge in [-0.2, -0.15) is 0 Å². The van der Waals surface area contributed by atoms with Crippen LogP contribution >= 0.6 is 11.3 Å². The Hall–Kier alpha value is -1.69. The molecule has 25 heavy (non-hydrogen) atoms. The molecule has 1 atom stereocenters. The molecule has 132 valence electrons. The number of carbonyl (C=O) groups excluding carboxylic acids is 1. The van der Waals surface area contributed by atoms with E-state index in [2.05, 4.69) is 56.9 Å². The van der Waals surface area contributed by atoms with Crippen molar-refractivity contribution in [2.75, 3.05) is 26.2 Å². The first-order chi connectivity index (χ1) is 12.3. The van der Waals surface area contributed by atoms with Gasteiger partial charge in [0, 0.05) is 44.1 Å². The molecule has 2 aromatic rings. The molecule has 4 rings (SSSR count). The molecule has 2 aliphatic rings. The van der Waals surface area contributed by atoms with Crippen molar-refractivity contribution in [3.63, 3.8) is 0 Å². The minimum Gasteiger partial charge on any atom is -0.340 e. The second kappa shape index (κ2) is 7.68. The van der Waals surface area contributed by atoms with E-state index in [-0.39, 0.29) is 11.9 Å². The Morgan fingerprint density at radius 3 is 2.80 bits per heavy atom. The second-order valence-corrected chi connectivity index (χ2v) is 7.97. The van der Waals surface area contributed by atoms with Crippen LogP contribution in [0.2, 0.25) is 0 Å². The highest BCUT2D eigenvalue weighted by atomic mass is 32.1. The zero-order chi connectivity index (χ0) is 17.1. The molecule has 1 aromatic carbocycles. The Bertz CT molecular complexity index is 715. The average Bonchev–Trinajstić information content (AvgIpc) is 3.05. The average molecular weight is 356 g/mol. The van der Waals surface area contributed by atoms with Gasteiger partial charge >= 0.3 is 0 Å². The van der Waals surface area contributed by atoms with Crippen molar-refractivity contribution in [3.05, 3.63) is 57.8 Å². The molecule has 0 radical (unpaired) electrons. The maximum Gasteiger partial charge on any atom is 0.240 e. The molecule has 5 heteroatoms. The van der Waals surface area contributed by atoms with Gasteiger partial charge in [0.2, 0.25) is 5.91 Å². The van der Waals surface area contributed by atoms with Crippen LogP contribution in [0.5, 0.6) is 0 Å². The van der Waals surface area contributed by atoms with E-state index >= 15 is 0 Å². The number of hydrogen-bond donors (Lipinski definition) is 1. The van der Waals surface area contributed by atoms with Crippen LogP contribution in [0.4, 0.5) is 0 Å². The second-order valence-electron chi connectivity index (χ2n) is 6.94. The van der Waals surface area contributed by atoms with Crippen molar-refractivity contribution in [2.45, 2.75) is 32.0 Å². The number of nitrogens with zero attached hydrogens (tertiary/aromatic N) is 2. The van der Waals surface area contributed by atoms with Crippen molar-refractivity contribution >= 4 is 17.2 Å². The monoisotopic (exact) mass is 355 g/mol. The van der Waals surface area contributed by atoms with Crippen molar-refractivity contribution in [1.82, 2.24) is 15.1 Å². The lowest BCUT2D eigenvalue weighted by molar-refractivity contribution is -0.133. The van der Waals surface area contributed by atoms with Gasteiger partial charge in [0.25, 0.3) is 0 Å². The standard InChI is InChI=1S/C20H25N3OS/c24-20(19-13-16-5-1-2-6-17(16)14-21-19)23-9-4-8-22(10-11-23)15-18-7-3-12-25-18/h1-3,5-7,12,19,21H,4,8-11,13-15H2/t19-/m1/s1. The quantitative estimate of drug-likeness (QED) is 0.919. The Morgan fingerprint density at radius 1 is 1.08 bits per heavy atom. The number of nitrogens with one attached hydrogen (secondary N) is 1. The van der Waals surface area contributed by atoms with Gasteiger partial charge in [0.1, 0.15) is 0 Å². The molecule has 4 nitrogen and oxygen atoms in total. The maximum atomic E-state index is 13.0. The summed E-state index contributed by atoms with van der Waals surface area (Å²) in [5.41, 5.74) is 2.64. The molecule has 0 saturated carbocycles. The predicted octanol–water partition coefficient (Wildman–Crippen LogP) is 2.50. The van der Waals surface area contributed by atoms with Gasteiger partial charge in [0.15, 0.2) is 0 Å². The number of hydrogen-bond acceptors (Lipinski definition) is 4. The summed E-state index contributed by atoms with van der Waals surface area (Å²) in [5.74, 6) is 0.271. The Morgan fingerprint density at radius 2 is 1.96 bits per heavy atom. The molecule has 1 saturated heterocycles. The highest BCUT2D eigenvalue weighted by Crippen LogP contribution is 2.19. The zero-order valence-electron chi connectivity index (χ0n) is 14.5. The molecule has 1 aromatic heterocycles. The number of carbonyl (C=O) groups is 1. The van der Waals surface area contributed by atoms with Crippen molar-refractivity contribution in [1.29, 1.82) is 0 Å². The summed E-state index contributed by atoms with van der Waals surface area (Å²) in [6.07, 6.45) is 1.87. The van der Waals surface area contributed by atoms with Gasteiger partial charge in [-0.15, -0.1) is 11.3 Å². The van der Waals surface area contributed by atoms with E-state index in [0.717, 1.165) is 52.1 Å². The van der Waals surface area contributed by atoms with Crippen LogP contribution in [0, 0.1) is 0 Å². The van der Waals surface area contributed by atoms with Gasteiger partial charge in [-0.1, -0.05) is 30.3 Å². The fourth-order valence-electron chi connectivity index (χ4n) is 3.82. The van der Waals surface area contributed by atoms with E-state index in [1.807, 2.05) is 11.3 Å². The molecular formula is C20H25N3OS. The molecule has 1 fully saturated rings. The van der Waals surface area contributed by atoms with Gasteiger partial charge < -0.3 is 10.2 Å². The largest absolute Gasteiger partial charge is 0.340 e. The van der Waals surface area contributed by atoms with Gasteiger partial charge in [-0.05, 0) is 35.4 Å². The summed E-state index contributed by atoms with van der Waals surface area (Å²) < 4.78 is 0. The van der Waals surface area contributed by atoms with Crippen LogP contribution in [0.25, 0.3) is 0 Å². The Balaban J connectivity index is 1.35. The summed E-state index contributed by atoms with van der Waals surface area (Å²) in [4.78, 5) is 18.9. The van der Waals surface area contributed by atoms with E-state index < -0.39 is 0 Å². The molecule has 3 heterocycles. The topological polar surface area (TPSA) is 35.6 Å². The molecule has 0 spiro atoms. The SMILES string of the molecule is O=C([C@H]1Cc2ccccc2CN1)N1CCCN(Cc2cccs2)CC1. The van der Waals surface area contributed by atoms with E-state index in [1.165, 1.54) is 16.0 Å². The lowest BCUT2D eigenvalue weighted by Crippen LogP contribution is -2.50. The third-order valence-corrected chi connectivity index (χ3v) is 6.10. The molecule has 1 amide bonds. The summed E-state index contributed by atoms with van der Waals surface area (Å²) in [7, 11) is 0. The maximum absolute atomic E-state index is 13.0. The minimum absolute atomic E-state index is 0.0706. The van der Waals surface area contributed by atoms with Crippen LogP contribution in [-0.2, 0) is 24.3 Å². The lowest BCUT2D eigenvalue weighted by atomic mass is 9.95. The van der Waals surface area contributed by atoms with Crippen molar-refractivity contribution in [2.24, 2.45) is 0 Å². The zero-order valence-corrected chi connectivity index (χ0v) is 15.3. The smallest absolute Gasteiger partial charge is 0.240 e. The fourth-order valence-corrected chi connectivity index (χ4v) is 4.57. The van der Waals surface area contributed by atoms with E-state index in [0.29, 0.717) is 0 Å². The molecular weight excluding hydrogens is 330 g/mol. The third kappa shape index (κ3) is 3.94. The van der Waals surface area contributed by atoms with Crippen LogP contribution in [0.3, 0.4) is 0 Å². The van der Waals surface area contributed by atoms with Crippen LogP contribution < -0.4 is 5.32 Å². The molecule has 2 aliphatic heterocycles. The van der Waals surface area contributed by atoms with Gasteiger partial charge in [-0.3, -0.25) is 9.69 Å². The first-order valence-corrected chi connectivity index (χ1v) is 10.0. The Labute approximate surface area is 153 Å². The highest BCUT2D eigenvalue weighted by molar-refractivity contribution is 7.09. The number of rotatable bonds is 3. The highest BCUT2D eigenvalue weighted by Gasteiger charge is 2.29. The van der Waals surface area contributed by atoms with E-state index in [4.69, 9.17) is 0 Å². The first kappa shape index (κ1) is 16.8. The van der Waals surface area contributed by atoms with Crippen LogP contribution in [0.15, 0.2) is 41.8 Å². The van der Waals surface area contributed by atoms with Crippen LogP contribution in [-0.4, -0.2) is 47.9 Å². The summed E-state index contributed by atoms with van der Waals surface area (Å²) in [6, 6.07) is 12.7. The molecule has 1 N–H and O–H groups in total. The lowest BCUT2D eigenvalue weighted by Gasteiger charge is -2.30. The Kier molecular flexibility index (Phi) is 5.15. The van der Waals surface area contributed by atoms with Crippen molar-refractivity contribution in [3.8, 4) is 0 Å². The number of thiophene rings is 1.